The number of carbonyl (C=O) groups is 2. The molecule has 3 heterocycles. The Kier molecular flexibility index (Phi) is 4.38. The molecule has 1 fully saturated rings. The summed E-state index contributed by atoms with van der Waals surface area (Å²) in [5, 5.41) is 7.07. The molecule has 1 N–H and O–H groups in total. The van der Waals surface area contributed by atoms with Crippen molar-refractivity contribution in [3.8, 4) is 5.75 Å². The number of aromatic nitrogens is 3. The molecular formula is C21H19F2N5O3. The molecule has 1 atom stereocenters. The Hall–Kier alpha value is -3.56. The first kappa shape index (κ1) is 19.4. The van der Waals surface area contributed by atoms with Crippen LogP contribution in [0.4, 0.5) is 8.78 Å². The average Bonchev–Trinajstić information content (AvgIpc) is 3.15. The minimum Gasteiger partial charge on any atom is -0.477 e. The summed E-state index contributed by atoms with van der Waals surface area (Å²) in [6.07, 6.45) is 5.32. The molecule has 2 aliphatic rings. The number of nitrogens with zero attached hydrogens (tertiary/aromatic N) is 4. The maximum Gasteiger partial charge on any atom is 0.261 e. The van der Waals surface area contributed by atoms with Crippen molar-refractivity contribution in [3.63, 3.8) is 0 Å². The second-order valence-corrected chi connectivity index (χ2v) is 8.06. The largest absolute Gasteiger partial charge is 0.477 e. The van der Waals surface area contributed by atoms with Gasteiger partial charge in [-0.25, -0.2) is 18.3 Å². The van der Waals surface area contributed by atoms with Crippen LogP contribution in [0.5, 0.6) is 5.75 Å². The molecule has 3 aromatic rings. The molecule has 1 aromatic carbocycles. The summed E-state index contributed by atoms with van der Waals surface area (Å²) >= 11 is 0. The lowest BCUT2D eigenvalue weighted by molar-refractivity contribution is -0.128. The van der Waals surface area contributed by atoms with Crippen molar-refractivity contribution >= 4 is 17.5 Å². The molecule has 0 radical (unpaired) electrons. The Labute approximate surface area is 175 Å². The van der Waals surface area contributed by atoms with E-state index in [0.717, 1.165) is 6.07 Å². The van der Waals surface area contributed by atoms with E-state index in [9.17, 15) is 18.4 Å². The molecule has 8 nitrogen and oxygen atoms in total. The van der Waals surface area contributed by atoms with Gasteiger partial charge in [-0.1, -0.05) is 0 Å². The lowest BCUT2D eigenvalue weighted by atomic mass is 10.1. The molecule has 2 aromatic heterocycles. The van der Waals surface area contributed by atoms with E-state index in [1.54, 1.807) is 25.5 Å². The zero-order valence-corrected chi connectivity index (χ0v) is 16.6. The maximum atomic E-state index is 13.9. The Balaban J connectivity index is 1.25. The number of nitrogens with one attached hydrogen (secondary N) is 1. The van der Waals surface area contributed by atoms with Crippen LogP contribution in [0.1, 0.15) is 28.8 Å². The van der Waals surface area contributed by atoms with Crippen LogP contribution in [-0.2, 0) is 11.2 Å². The van der Waals surface area contributed by atoms with Crippen molar-refractivity contribution in [2.24, 2.45) is 0 Å². The summed E-state index contributed by atoms with van der Waals surface area (Å²) < 4.78 is 34.3. The number of benzene rings is 1. The number of amides is 2. The number of likely N-dealkylation sites (N-methyl/N-ethyl adjacent to an activating group) is 1. The lowest BCUT2D eigenvalue weighted by Gasteiger charge is -2.25. The van der Waals surface area contributed by atoms with Gasteiger partial charge in [-0.3, -0.25) is 9.59 Å². The fraction of sp³-hybridized carbons (Fsp3) is 0.333. The first-order valence-electron chi connectivity index (χ1n) is 9.86. The highest BCUT2D eigenvalue weighted by Gasteiger charge is 2.47. The Morgan fingerprint density at radius 1 is 1.35 bits per heavy atom. The number of ether oxygens (including phenoxy) is 1. The predicted molar refractivity (Wildman–Crippen MR) is 105 cm³/mol. The van der Waals surface area contributed by atoms with E-state index in [1.807, 2.05) is 0 Å². The number of carbonyl (C=O) groups excluding carboxylic acids is 2. The monoisotopic (exact) mass is 427 g/mol. The van der Waals surface area contributed by atoms with Gasteiger partial charge in [-0.15, -0.1) is 0 Å². The van der Waals surface area contributed by atoms with Crippen molar-refractivity contribution in [2.45, 2.75) is 30.9 Å². The summed E-state index contributed by atoms with van der Waals surface area (Å²) in [5.74, 6) is -2.27. The van der Waals surface area contributed by atoms with Gasteiger partial charge in [0.15, 0.2) is 23.3 Å². The van der Waals surface area contributed by atoms with E-state index in [0.29, 0.717) is 36.2 Å². The average molecular weight is 427 g/mol. The third-order valence-electron chi connectivity index (χ3n) is 5.68. The van der Waals surface area contributed by atoms with Crippen LogP contribution < -0.4 is 10.1 Å². The smallest absolute Gasteiger partial charge is 0.261 e. The molecule has 1 aliphatic heterocycles. The quantitative estimate of drug-likeness (QED) is 0.670. The topological polar surface area (TPSA) is 88.8 Å². The Bertz CT molecular complexity index is 1210. The summed E-state index contributed by atoms with van der Waals surface area (Å²) in [6, 6.07) is 3.63. The number of rotatable bonds is 5. The number of fused-ring (bicyclic) bond motifs is 2. The molecule has 31 heavy (non-hydrogen) atoms. The SMILES string of the molecule is CN(CC1(NC(=O)C2Cc3cc(F)cc(F)c3O2)CC1)C(=O)c1cnn2cccnc12. The molecule has 0 bridgehead atoms. The highest BCUT2D eigenvalue weighted by atomic mass is 19.1. The molecule has 0 spiro atoms. The first-order valence-corrected chi connectivity index (χ1v) is 9.86. The molecule has 160 valence electrons. The predicted octanol–water partition coefficient (Wildman–Crippen LogP) is 1.73. The van der Waals surface area contributed by atoms with Gasteiger partial charge in [0.2, 0.25) is 0 Å². The van der Waals surface area contributed by atoms with Gasteiger partial charge >= 0.3 is 0 Å². The molecule has 0 saturated heterocycles. The van der Waals surface area contributed by atoms with Gasteiger partial charge in [0.1, 0.15) is 11.4 Å². The van der Waals surface area contributed by atoms with Crippen molar-refractivity contribution in [1.29, 1.82) is 0 Å². The summed E-state index contributed by atoms with van der Waals surface area (Å²) in [5.41, 5.74) is 0.590. The number of halogens is 2. The summed E-state index contributed by atoms with van der Waals surface area (Å²) in [7, 11) is 1.65. The van der Waals surface area contributed by atoms with E-state index in [2.05, 4.69) is 15.4 Å². The Morgan fingerprint density at radius 2 is 2.16 bits per heavy atom. The van der Waals surface area contributed by atoms with E-state index in [1.165, 1.54) is 21.7 Å². The van der Waals surface area contributed by atoms with Gasteiger partial charge in [0, 0.05) is 44.0 Å². The van der Waals surface area contributed by atoms with Crippen molar-refractivity contribution in [2.75, 3.05) is 13.6 Å². The zero-order chi connectivity index (χ0) is 21.8. The van der Waals surface area contributed by atoms with Crippen LogP contribution in [0.25, 0.3) is 5.65 Å². The van der Waals surface area contributed by atoms with Gasteiger partial charge in [-0.2, -0.15) is 5.10 Å². The highest BCUT2D eigenvalue weighted by Crippen LogP contribution is 2.38. The first-order chi connectivity index (χ1) is 14.8. The fourth-order valence-electron chi connectivity index (χ4n) is 3.95. The van der Waals surface area contributed by atoms with Gasteiger partial charge in [0.05, 0.1) is 11.7 Å². The van der Waals surface area contributed by atoms with E-state index in [4.69, 9.17) is 4.74 Å². The third-order valence-corrected chi connectivity index (χ3v) is 5.68. The lowest BCUT2D eigenvalue weighted by Crippen LogP contribution is -2.50. The maximum absolute atomic E-state index is 13.9. The van der Waals surface area contributed by atoms with Crippen LogP contribution in [0.2, 0.25) is 0 Å². The fourth-order valence-corrected chi connectivity index (χ4v) is 3.95. The summed E-state index contributed by atoms with van der Waals surface area (Å²) in [4.78, 5) is 31.4. The second-order valence-electron chi connectivity index (χ2n) is 8.06. The minimum absolute atomic E-state index is 0.0840. The molecular weight excluding hydrogens is 408 g/mol. The van der Waals surface area contributed by atoms with Gasteiger partial charge in [0.25, 0.3) is 11.8 Å². The van der Waals surface area contributed by atoms with Crippen molar-refractivity contribution < 1.29 is 23.1 Å². The molecule has 10 heteroatoms. The molecule has 2 amide bonds. The van der Waals surface area contributed by atoms with Crippen LogP contribution >= 0.6 is 0 Å². The number of hydrogen-bond donors (Lipinski definition) is 1. The van der Waals surface area contributed by atoms with Crippen LogP contribution in [0, 0.1) is 11.6 Å². The van der Waals surface area contributed by atoms with Crippen molar-refractivity contribution in [1.82, 2.24) is 24.8 Å². The normalized spacial score (nSPS) is 18.4. The van der Waals surface area contributed by atoms with Crippen molar-refractivity contribution in [3.05, 3.63) is 59.6 Å². The standard InChI is InChI=1S/C21H19F2N5O3/c1-27(20(30)14-10-25-28-6-2-5-24-18(14)28)11-21(3-4-21)26-19(29)16-8-12-7-13(22)9-15(23)17(12)31-16/h2,5-7,9-10,16H,3-4,8,11H2,1H3,(H,26,29). The van der Waals surface area contributed by atoms with E-state index < -0.39 is 29.2 Å². The highest BCUT2D eigenvalue weighted by molar-refractivity contribution is 5.99. The van der Waals surface area contributed by atoms with Crippen LogP contribution in [-0.4, -0.2) is 56.5 Å². The van der Waals surface area contributed by atoms with Gasteiger partial charge in [-0.05, 0) is 25.0 Å². The molecule has 1 saturated carbocycles. The number of hydrogen-bond acceptors (Lipinski definition) is 5. The second kappa shape index (κ2) is 7.00. The summed E-state index contributed by atoms with van der Waals surface area (Å²) in [6.45, 7) is 0.296. The van der Waals surface area contributed by atoms with Crippen LogP contribution in [0.3, 0.4) is 0 Å². The zero-order valence-electron chi connectivity index (χ0n) is 16.6. The van der Waals surface area contributed by atoms with E-state index in [-0.39, 0.29) is 18.1 Å². The molecule has 5 rings (SSSR count). The molecule has 1 unspecified atom stereocenters. The third kappa shape index (κ3) is 3.47. The van der Waals surface area contributed by atoms with Gasteiger partial charge < -0.3 is 15.0 Å². The van der Waals surface area contributed by atoms with E-state index >= 15 is 0 Å². The van der Waals surface area contributed by atoms with Crippen LogP contribution in [0.15, 0.2) is 36.8 Å². The molecule has 1 aliphatic carbocycles. The minimum atomic E-state index is -0.936. The Morgan fingerprint density at radius 3 is 2.94 bits per heavy atom.